The first-order valence-corrected chi connectivity index (χ1v) is 8.39. The van der Waals surface area contributed by atoms with E-state index in [1.54, 1.807) is 12.1 Å². The van der Waals surface area contributed by atoms with Gasteiger partial charge < -0.3 is 15.3 Å². The maximum atomic E-state index is 10.6. The Bertz CT molecular complexity index is 528. The van der Waals surface area contributed by atoms with E-state index < -0.39 is 11.9 Å². The minimum Gasteiger partial charge on any atom is -0.507 e. The highest BCUT2D eigenvalue weighted by molar-refractivity contribution is 5.66. The molecule has 1 aromatic carbocycles. The molecule has 0 aliphatic heterocycles. The number of allylic oxidation sites excluding steroid dienone is 1. The fourth-order valence-corrected chi connectivity index (χ4v) is 2.57. The summed E-state index contributed by atoms with van der Waals surface area (Å²) in [6.45, 7) is 0. The predicted molar refractivity (Wildman–Crippen MR) is 92.8 cm³/mol. The third-order valence-electron chi connectivity index (χ3n) is 3.92. The lowest BCUT2D eigenvalue weighted by molar-refractivity contribution is -0.138. The van der Waals surface area contributed by atoms with Gasteiger partial charge in [-0.25, -0.2) is 0 Å². The van der Waals surface area contributed by atoms with E-state index in [0.717, 1.165) is 31.2 Å². The van der Waals surface area contributed by atoms with Gasteiger partial charge in [-0.05, 0) is 37.7 Å². The minimum absolute atomic E-state index is 0.176. The highest BCUT2D eigenvalue weighted by Gasteiger charge is 2.07. The number of hydrogen-bond donors (Lipinski definition) is 3. The number of para-hydroxylation sites is 1. The molecule has 24 heavy (non-hydrogen) atoms. The van der Waals surface area contributed by atoms with E-state index in [1.165, 1.54) is 0 Å². The van der Waals surface area contributed by atoms with Gasteiger partial charge in [-0.3, -0.25) is 9.59 Å². The molecule has 0 atom stereocenters. The first kappa shape index (κ1) is 19.7. The molecule has 0 fully saturated rings. The molecule has 1 rings (SSSR count). The topological polar surface area (TPSA) is 94.8 Å². The summed E-state index contributed by atoms with van der Waals surface area (Å²) in [5, 5.41) is 27.2. The number of phenols is 1. The van der Waals surface area contributed by atoms with Crippen LogP contribution in [0.5, 0.6) is 5.75 Å². The van der Waals surface area contributed by atoms with E-state index in [4.69, 9.17) is 10.2 Å². The van der Waals surface area contributed by atoms with E-state index >= 15 is 0 Å². The lowest BCUT2D eigenvalue weighted by atomic mass is 9.93. The number of unbranched alkanes of at least 4 members (excludes halogenated alkanes) is 2. The second-order valence-corrected chi connectivity index (χ2v) is 5.96. The highest BCUT2D eigenvalue weighted by Crippen LogP contribution is 2.23. The number of benzene rings is 1. The number of carboxylic acid groups (broad SMARTS) is 2. The van der Waals surface area contributed by atoms with Crippen molar-refractivity contribution in [2.45, 2.75) is 51.4 Å². The Labute approximate surface area is 142 Å². The summed E-state index contributed by atoms with van der Waals surface area (Å²) < 4.78 is 0. The van der Waals surface area contributed by atoms with Crippen LogP contribution in [0.3, 0.4) is 0 Å². The van der Waals surface area contributed by atoms with Gasteiger partial charge in [0.1, 0.15) is 5.75 Å². The molecule has 0 aliphatic carbocycles. The lowest BCUT2D eigenvalue weighted by Gasteiger charge is -2.12. The molecule has 3 N–H and O–H groups in total. The molecule has 0 amide bonds. The second kappa shape index (κ2) is 11.3. The van der Waals surface area contributed by atoms with Crippen molar-refractivity contribution in [2.24, 2.45) is 5.92 Å². The normalized spacial score (nSPS) is 11.2. The summed E-state index contributed by atoms with van der Waals surface area (Å²) in [5.41, 5.74) is 0.749. The number of carboxylic acids is 2. The third kappa shape index (κ3) is 8.98. The van der Waals surface area contributed by atoms with Crippen LogP contribution in [-0.2, 0) is 9.59 Å². The standard InChI is InChI=1S/C19H26O5/c20-17-10-4-3-9-16(17)14-13-15(7-1-5-11-18(21)22)8-2-6-12-19(23)24/h3-4,9-10,13-15,20H,1-2,5-8,11-12H2,(H,21,22)(H,23,24)/b14-13+. The van der Waals surface area contributed by atoms with Crippen LogP contribution in [0.1, 0.15) is 56.9 Å². The van der Waals surface area contributed by atoms with E-state index in [2.05, 4.69) is 0 Å². The van der Waals surface area contributed by atoms with Gasteiger partial charge in [-0.1, -0.05) is 43.2 Å². The van der Waals surface area contributed by atoms with Crippen molar-refractivity contribution in [3.63, 3.8) is 0 Å². The van der Waals surface area contributed by atoms with Crippen molar-refractivity contribution in [1.29, 1.82) is 0 Å². The summed E-state index contributed by atoms with van der Waals surface area (Å²) in [5.74, 6) is -1.08. The van der Waals surface area contributed by atoms with E-state index in [9.17, 15) is 14.7 Å². The van der Waals surface area contributed by atoms with Gasteiger partial charge in [-0.2, -0.15) is 0 Å². The zero-order chi connectivity index (χ0) is 17.8. The SMILES string of the molecule is O=C(O)CCCCC(/C=C/c1ccccc1O)CCCCC(=O)O. The molecule has 0 heterocycles. The average Bonchev–Trinajstić information content (AvgIpc) is 2.53. The number of carbonyl (C=O) groups is 2. The molecule has 0 spiro atoms. The number of hydrogen-bond acceptors (Lipinski definition) is 3. The lowest BCUT2D eigenvalue weighted by Crippen LogP contribution is -2.00. The predicted octanol–water partition coefficient (Wildman–Crippen LogP) is 4.31. The molecule has 0 saturated carbocycles. The zero-order valence-electron chi connectivity index (χ0n) is 13.9. The number of aliphatic carboxylic acids is 2. The summed E-state index contributed by atoms with van der Waals surface area (Å²) in [7, 11) is 0. The average molecular weight is 334 g/mol. The molecule has 0 unspecified atom stereocenters. The van der Waals surface area contributed by atoms with Crippen LogP contribution in [0.2, 0.25) is 0 Å². The Morgan fingerprint density at radius 1 is 0.917 bits per heavy atom. The van der Waals surface area contributed by atoms with Crippen LogP contribution >= 0.6 is 0 Å². The van der Waals surface area contributed by atoms with Crippen LogP contribution < -0.4 is 0 Å². The Hall–Kier alpha value is -2.30. The van der Waals surface area contributed by atoms with Crippen LogP contribution in [-0.4, -0.2) is 27.3 Å². The van der Waals surface area contributed by atoms with Crippen LogP contribution in [0.15, 0.2) is 30.3 Å². The zero-order valence-corrected chi connectivity index (χ0v) is 13.9. The van der Waals surface area contributed by atoms with Gasteiger partial charge >= 0.3 is 11.9 Å². The maximum Gasteiger partial charge on any atom is 0.303 e. The smallest absolute Gasteiger partial charge is 0.303 e. The van der Waals surface area contributed by atoms with Crippen molar-refractivity contribution in [3.05, 3.63) is 35.9 Å². The number of aromatic hydroxyl groups is 1. The molecule has 0 bridgehead atoms. The molecular weight excluding hydrogens is 308 g/mol. The fraction of sp³-hybridized carbons (Fsp3) is 0.474. The molecule has 0 aliphatic rings. The van der Waals surface area contributed by atoms with Gasteiger partial charge in [0.05, 0.1) is 0 Å². The Balaban J connectivity index is 2.53. The summed E-state index contributed by atoms with van der Waals surface area (Å²) in [4.78, 5) is 21.1. The highest BCUT2D eigenvalue weighted by atomic mass is 16.4. The van der Waals surface area contributed by atoms with Crippen LogP contribution in [0, 0.1) is 5.92 Å². The van der Waals surface area contributed by atoms with Gasteiger partial charge in [0.25, 0.3) is 0 Å². The van der Waals surface area contributed by atoms with Crippen molar-refractivity contribution >= 4 is 18.0 Å². The quantitative estimate of drug-likeness (QED) is 0.495. The maximum absolute atomic E-state index is 10.6. The molecule has 0 radical (unpaired) electrons. The van der Waals surface area contributed by atoms with Gasteiger partial charge in [0.2, 0.25) is 0 Å². The Morgan fingerprint density at radius 2 is 1.46 bits per heavy atom. The first-order chi connectivity index (χ1) is 11.5. The second-order valence-electron chi connectivity index (χ2n) is 5.96. The van der Waals surface area contributed by atoms with Crippen molar-refractivity contribution in [2.75, 3.05) is 0 Å². The molecule has 5 heteroatoms. The van der Waals surface area contributed by atoms with Crippen molar-refractivity contribution < 1.29 is 24.9 Å². The van der Waals surface area contributed by atoms with Gasteiger partial charge in [0.15, 0.2) is 0 Å². The monoisotopic (exact) mass is 334 g/mol. The van der Waals surface area contributed by atoms with Crippen LogP contribution in [0.25, 0.3) is 6.08 Å². The molecule has 1 aromatic rings. The molecule has 5 nitrogen and oxygen atoms in total. The van der Waals surface area contributed by atoms with Gasteiger partial charge in [-0.15, -0.1) is 0 Å². The minimum atomic E-state index is -0.780. The largest absolute Gasteiger partial charge is 0.507 e. The Kier molecular flexibility index (Phi) is 9.27. The van der Waals surface area contributed by atoms with Crippen molar-refractivity contribution in [1.82, 2.24) is 0 Å². The molecule has 0 saturated heterocycles. The molecule has 0 aromatic heterocycles. The number of phenolic OH excluding ortho intramolecular Hbond substituents is 1. The first-order valence-electron chi connectivity index (χ1n) is 8.39. The third-order valence-corrected chi connectivity index (χ3v) is 3.92. The summed E-state index contributed by atoms with van der Waals surface area (Å²) in [6.07, 6.45) is 8.93. The fourth-order valence-electron chi connectivity index (χ4n) is 2.57. The van der Waals surface area contributed by atoms with Crippen LogP contribution in [0.4, 0.5) is 0 Å². The number of rotatable bonds is 12. The van der Waals surface area contributed by atoms with E-state index in [1.807, 2.05) is 24.3 Å². The molecular formula is C19H26O5. The van der Waals surface area contributed by atoms with E-state index in [-0.39, 0.29) is 24.5 Å². The summed E-state index contributed by atoms with van der Waals surface area (Å²) in [6, 6.07) is 7.09. The van der Waals surface area contributed by atoms with Crippen molar-refractivity contribution in [3.8, 4) is 5.75 Å². The molecule has 132 valence electrons. The summed E-state index contributed by atoms with van der Waals surface area (Å²) >= 11 is 0. The Morgan fingerprint density at radius 3 is 1.96 bits per heavy atom. The van der Waals surface area contributed by atoms with E-state index in [0.29, 0.717) is 12.8 Å². The van der Waals surface area contributed by atoms with Gasteiger partial charge in [0, 0.05) is 18.4 Å².